The number of carboxylic acid groups (broad SMARTS) is 2. The zero-order valence-electron chi connectivity index (χ0n) is 15.4. The molecule has 5 atom stereocenters. The van der Waals surface area contributed by atoms with Crippen molar-refractivity contribution in [1.82, 2.24) is 16.0 Å². The van der Waals surface area contributed by atoms with Crippen LogP contribution in [0.3, 0.4) is 0 Å². The maximum Gasteiger partial charge on any atom is 0.325 e. The van der Waals surface area contributed by atoms with Crippen LogP contribution in [0.5, 0.6) is 0 Å². The lowest BCUT2D eigenvalue weighted by Crippen LogP contribution is -2.59. The van der Waals surface area contributed by atoms with Crippen molar-refractivity contribution in [1.29, 1.82) is 0 Å². The van der Waals surface area contributed by atoms with E-state index in [2.05, 4.69) is 16.0 Å². The minimum absolute atomic E-state index is 0.356. The van der Waals surface area contributed by atoms with Crippen molar-refractivity contribution >= 4 is 29.7 Å². The Labute approximate surface area is 160 Å². The monoisotopic (exact) mass is 406 g/mol. The molecule has 0 fully saturated rings. The van der Waals surface area contributed by atoms with Gasteiger partial charge in [-0.2, -0.15) is 0 Å². The van der Waals surface area contributed by atoms with E-state index in [0.717, 1.165) is 0 Å². The molecule has 0 aromatic rings. The molecule has 13 nitrogen and oxygen atoms in total. The quantitative estimate of drug-likeness (QED) is 0.157. The van der Waals surface area contributed by atoms with Crippen molar-refractivity contribution in [2.45, 2.75) is 57.0 Å². The fourth-order valence-corrected chi connectivity index (χ4v) is 1.92. The Morgan fingerprint density at radius 2 is 1.50 bits per heavy atom. The van der Waals surface area contributed by atoms with E-state index in [0.29, 0.717) is 0 Å². The van der Waals surface area contributed by atoms with Crippen molar-refractivity contribution < 1.29 is 44.4 Å². The lowest BCUT2D eigenvalue weighted by atomic mass is 10.1. The summed E-state index contributed by atoms with van der Waals surface area (Å²) in [6.45, 7) is 1.63. The molecule has 0 aliphatic rings. The van der Waals surface area contributed by atoms with Gasteiger partial charge in [-0.1, -0.05) is 0 Å². The van der Waals surface area contributed by atoms with Crippen LogP contribution in [0, 0.1) is 0 Å². The van der Waals surface area contributed by atoms with Gasteiger partial charge in [-0.3, -0.25) is 24.0 Å². The number of aliphatic hydroxyl groups excluding tert-OH is 2. The van der Waals surface area contributed by atoms with E-state index in [9.17, 15) is 29.1 Å². The second-order valence-corrected chi connectivity index (χ2v) is 6.08. The number of carboxylic acids is 2. The molecule has 0 saturated heterocycles. The third-order valence-electron chi connectivity index (χ3n) is 3.61. The van der Waals surface area contributed by atoms with Gasteiger partial charge in [0.25, 0.3) is 0 Å². The minimum atomic E-state index is -1.56. The predicted octanol–water partition coefficient (Wildman–Crippen LogP) is -3.89. The highest BCUT2D eigenvalue weighted by atomic mass is 16.4. The van der Waals surface area contributed by atoms with Crippen LogP contribution in [0.25, 0.3) is 0 Å². The molecule has 13 heteroatoms. The van der Waals surface area contributed by atoms with Crippen LogP contribution < -0.4 is 21.7 Å². The SMILES string of the molecule is CC(NC(=O)C(NC(=O)C(CCC(=O)O)NC(=O)C(N)CO)C(C)O)C(=O)O. The highest BCUT2D eigenvalue weighted by Gasteiger charge is 2.31. The first-order chi connectivity index (χ1) is 12.9. The number of hydrogen-bond acceptors (Lipinski definition) is 8. The largest absolute Gasteiger partial charge is 0.481 e. The zero-order chi connectivity index (χ0) is 22.0. The third kappa shape index (κ3) is 8.75. The number of aliphatic carboxylic acids is 2. The molecule has 9 N–H and O–H groups in total. The molecule has 5 unspecified atom stereocenters. The first-order valence-electron chi connectivity index (χ1n) is 8.30. The van der Waals surface area contributed by atoms with E-state index in [-0.39, 0.29) is 6.42 Å². The van der Waals surface area contributed by atoms with Gasteiger partial charge in [0, 0.05) is 6.42 Å². The summed E-state index contributed by atoms with van der Waals surface area (Å²) in [5, 5.41) is 42.6. The van der Waals surface area contributed by atoms with Crippen LogP contribution in [-0.4, -0.2) is 87.0 Å². The summed E-state index contributed by atoms with van der Waals surface area (Å²) in [4.78, 5) is 57.9. The van der Waals surface area contributed by atoms with Crippen LogP contribution >= 0.6 is 0 Å². The number of nitrogens with one attached hydrogen (secondary N) is 3. The Kier molecular flexibility index (Phi) is 10.7. The average molecular weight is 406 g/mol. The van der Waals surface area contributed by atoms with Crippen molar-refractivity contribution in [2.24, 2.45) is 5.73 Å². The minimum Gasteiger partial charge on any atom is -0.481 e. The summed E-state index contributed by atoms with van der Waals surface area (Å²) in [5.74, 6) is -5.50. The van der Waals surface area contributed by atoms with Gasteiger partial charge >= 0.3 is 11.9 Å². The van der Waals surface area contributed by atoms with E-state index in [1.165, 1.54) is 13.8 Å². The fourth-order valence-electron chi connectivity index (χ4n) is 1.92. The van der Waals surface area contributed by atoms with E-state index in [4.69, 9.17) is 21.1 Å². The van der Waals surface area contributed by atoms with Crippen LogP contribution in [-0.2, 0) is 24.0 Å². The Bertz CT molecular complexity index is 596. The van der Waals surface area contributed by atoms with Crippen LogP contribution in [0.15, 0.2) is 0 Å². The molecule has 0 radical (unpaired) electrons. The highest BCUT2D eigenvalue weighted by Crippen LogP contribution is 2.02. The first kappa shape index (κ1) is 25.2. The predicted molar refractivity (Wildman–Crippen MR) is 92.7 cm³/mol. The first-order valence-corrected chi connectivity index (χ1v) is 8.30. The van der Waals surface area contributed by atoms with Gasteiger partial charge in [0.2, 0.25) is 17.7 Å². The molecular weight excluding hydrogens is 380 g/mol. The van der Waals surface area contributed by atoms with Gasteiger partial charge in [-0.15, -0.1) is 0 Å². The number of carbonyl (C=O) groups is 5. The topological polar surface area (TPSA) is 228 Å². The fraction of sp³-hybridized carbons (Fsp3) is 0.667. The van der Waals surface area contributed by atoms with Gasteiger partial charge in [-0.25, -0.2) is 0 Å². The molecule has 0 spiro atoms. The summed E-state index contributed by atoms with van der Waals surface area (Å²) in [5.41, 5.74) is 5.33. The number of carbonyl (C=O) groups excluding carboxylic acids is 3. The molecule has 0 saturated carbocycles. The Hall–Kier alpha value is -2.77. The van der Waals surface area contributed by atoms with Crippen LogP contribution in [0.1, 0.15) is 26.7 Å². The van der Waals surface area contributed by atoms with Gasteiger partial charge in [0.1, 0.15) is 24.2 Å². The Morgan fingerprint density at radius 1 is 0.929 bits per heavy atom. The highest BCUT2D eigenvalue weighted by molar-refractivity contribution is 5.94. The molecule has 0 aliphatic heterocycles. The maximum absolute atomic E-state index is 12.4. The molecule has 28 heavy (non-hydrogen) atoms. The molecule has 3 amide bonds. The lowest BCUT2D eigenvalue weighted by Gasteiger charge is -2.25. The van der Waals surface area contributed by atoms with E-state index in [1.54, 1.807) is 0 Å². The zero-order valence-corrected chi connectivity index (χ0v) is 15.4. The summed E-state index contributed by atoms with van der Waals surface area (Å²) >= 11 is 0. The van der Waals surface area contributed by atoms with Gasteiger partial charge in [0.05, 0.1) is 12.7 Å². The van der Waals surface area contributed by atoms with Crippen molar-refractivity contribution in [2.75, 3.05) is 6.61 Å². The number of rotatable bonds is 12. The van der Waals surface area contributed by atoms with Crippen LogP contribution in [0.4, 0.5) is 0 Å². The van der Waals surface area contributed by atoms with Gasteiger partial charge in [0.15, 0.2) is 0 Å². The van der Waals surface area contributed by atoms with Crippen molar-refractivity contribution in [3.05, 3.63) is 0 Å². The second kappa shape index (κ2) is 11.8. The summed E-state index contributed by atoms with van der Waals surface area (Å²) in [6, 6.07) is -5.64. The Morgan fingerprint density at radius 3 is 1.93 bits per heavy atom. The standard InChI is InChI=1S/C15H26N4O9/c1-6(15(27)28)17-14(26)11(7(2)21)19-13(25)9(3-4-10(22)23)18-12(24)8(16)5-20/h6-9,11,20-21H,3-5,16H2,1-2H3,(H,17,26)(H,18,24)(H,19,25)(H,22,23)(H,27,28). The van der Waals surface area contributed by atoms with E-state index in [1.807, 2.05) is 0 Å². The summed E-state index contributed by atoms with van der Waals surface area (Å²) in [6.07, 6.45) is -2.29. The molecule has 0 aromatic heterocycles. The molecule has 0 aliphatic carbocycles. The second-order valence-electron chi connectivity index (χ2n) is 6.08. The smallest absolute Gasteiger partial charge is 0.325 e. The number of aliphatic hydroxyl groups is 2. The molecular formula is C15H26N4O9. The van der Waals surface area contributed by atoms with Crippen LogP contribution in [0.2, 0.25) is 0 Å². The summed E-state index contributed by atoms with van der Waals surface area (Å²) < 4.78 is 0. The van der Waals surface area contributed by atoms with E-state index < -0.39 is 73.0 Å². The molecule has 0 heterocycles. The molecule has 0 bridgehead atoms. The maximum atomic E-state index is 12.4. The molecule has 160 valence electrons. The number of amides is 3. The summed E-state index contributed by atoms with van der Waals surface area (Å²) in [7, 11) is 0. The Balaban J connectivity index is 5.28. The lowest BCUT2D eigenvalue weighted by molar-refractivity contribution is -0.142. The number of hydrogen-bond donors (Lipinski definition) is 8. The van der Waals surface area contributed by atoms with Crippen molar-refractivity contribution in [3.8, 4) is 0 Å². The normalized spacial score (nSPS) is 16.0. The molecule has 0 aromatic carbocycles. The molecule has 0 rings (SSSR count). The van der Waals surface area contributed by atoms with Gasteiger partial charge in [-0.05, 0) is 20.3 Å². The average Bonchev–Trinajstić information content (AvgIpc) is 2.60. The van der Waals surface area contributed by atoms with E-state index >= 15 is 0 Å². The van der Waals surface area contributed by atoms with Crippen molar-refractivity contribution in [3.63, 3.8) is 0 Å². The third-order valence-corrected chi connectivity index (χ3v) is 3.61. The number of nitrogens with two attached hydrogens (primary N) is 1. The van der Waals surface area contributed by atoms with Gasteiger partial charge < -0.3 is 42.1 Å².